The molecule has 8 nitrogen and oxygen atoms in total. The maximum Gasteiger partial charge on any atom is 0.262 e. The molecule has 2 aromatic carbocycles. The number of anilines is 1. The van der Waals surface area contributed by atoms with E-state index in [1.165, 1.54) is 0 Å². The summed E-state index contributed by atoms with van der Waals surface area (Å²) >= 11 is 0. The number of nitrogens with zero attached hydrogens (tertiary/aromatic N) is 2. The third kappa shape index (κ3) is 5.89. The summed E-state index contributed by atoms with van der Waals surface area (Å²) in [6, 6.07) is 11.6. The molecule has 0 saturated heterocycles. The largest absolute Gasteiger partial charge is 0.491 e. The van der Waals surface area contributed by atoms with Crippen LogP contribution in [0.1, 0.15) is 29.8 Å². The first-order valence-electron chi connectivity index (χ1n) is 11.4. The second-order valence-corrected chi connectivity index (χ2v) is 10.8. The van der Waals surface area contributed by atoms with Crippen LogP contribution in [0.15, 0.2) is 47.4 Å². The van der Waals surface area contributed by atoms with E-state index in [-0.39, 0.29) is 28.9 Å². The van der Waals surface area contributed by atoms with E-state index in [0.717, 1.165) is 6.54 Å². The van der Waals surface area contributed by atoms with Crippen LogP contribution in [0.4, 0.5) is 5.69 Å². The number of benzene rings is 2. The number of carbonyl (C=O) groups excluding carboxylic acids is 1. The summed E-state index contributed by atoms with van der Waals surface area (Å²) in [5.41, 5.74) is 1.35. The number of methoxy groups -OCH3 is 1. The van der Waals surface area contributed by atoms with Gasteiger partial charge in [-0.1, -0.05) is 25.1 Å². The molecule has 3 atom stereocenters. The van der Waals surface area contributed by atoms with Crippen LogP contribution in [-0.2, 0) is 14.8 Å². The van der Waals surface area contributed by atoms with Gasteiger partial charge in [0.25, 0.3) is 15.9 Å². The summed E-state index contributed by atoms with van der Waals surface area (Å²) in [6.45, 7) is 7.48. The van der Waals surface area contributed by atoms with Crippen molar-refractivity contribution in [2.24, 2.45) is 5.92 Å². The lowest BCUT2D eigenvalue weighted by molar-refractivity contribution is 0.0150. The lowest BCUT2D eigenvalue weighted by Crippen LogP contribution is -2.45. The Morgan fingerprint density at radius 3 is 2.47 bits per heavy atom. The Kier molecular flexibility index (Phi) is 8.22. The first-order chi connectivity index (χ1) is 16.0. The van der Waals surface area contributed by atoms with Gasteiger partial charge in [-0.05, 0) is 50.6 Å². The van der Waals surface area contributed by atoms with Gasteiger partial charge in [0, 0.05) is 39.4 Å². The molecule has 1 N–H and O–H groups in total. The first-order valence-corrected chi connectivity index (χ1v) is 12.9. The molecule has 0 unspecified atom stereocenters. The first kappa shape index (κ1) is 26.0. The van der Waals surface area contributed by atoms with Crippen LogP contribution in [0, 0.1) is 12.8 Å². The van der Waals surface area contributed by atoms with Crippen molar-refractivity contribution >= 4 is 21.6 Å². The summed E-state index contributed by atoms with van der Waals surface area (Å²) < 4.78 is 40.3. The molecule has 0 aliphatic carbocycles. The Labute approximate surface area is 202 Å². The molecule has 0 saturated carbocycles. The molecule has 34 heavy (non-hydrogen) atoms. The monoisotopic (exact) mass is 489 g/mol. The normalized spacial score (nSPS) is 22.8. The number of ether oxygens (including phenoxy) is 2. The number of sulfonamides is 1. The number of hydrogen-bond donors (Lipinski definition) is 1. The van der Waals surface area contributed by atoms with Crippen molar-refractivity contribution in [1.82, 2.24) is 9.80 Å². The number of carbonyl (C=O) groups is 1. The molecule has 0 aromatic heterocycles. The van der Waals surface area contributed by atoms with Crippen molar-refractivity contribution in [3.63, 3.8) is 0 Å². The number of rotatable bonds is 4. The van der Waals surface area contributed by atoms with Crippen LogP contribution in [0.5, 0.6) is 5.75 Å². The highest BCUT2D eigenvalue weighted by atomic mass is 32.2. The maximum atomic E-state index is 13.3. The van der Waals surface area contributed by atoms with Crippen molar-refractivity contribution in [2.45, 2.75) is 37.8 Å². The predicted octanol–water partition coefficient (Wildman–Crippen LogP) is 3.23. The third-order valence-electron chi connectivity index (χ3n) is 6.39. The van der Waals surface area contributed by atoms with Gasteiger partial charge in [-0.15, -0.1) is 0 Å². The molecule has 9 heteroatoms. The number of hydrogen-bond acceptors (Lipinski definition) is 6. The van der Waals surface area contributed by atoms with Gasteiger partial charge >= 0.3 is 0 Å². The molecular formula is C25H35N3O5S. The van der Waals surface area contributed by atoms with E-state index >= 15 is 0 Å². The molecule has 3 rings (SSSR count). The minimum Gasteiger partial charge on any atom is -0.491 e. The number of likely N-dealkylation sites (N-methyl/N-ethyl adjacent to an activating group) is 2. The summed E-state index contributed by atoms with van der Waals surface area (Å²) in [7, 11) is 1.64. The fraction of sp³-hybridized carbons (Fsp3) is 0.480. The topological polar surface area (TPSA) is 88.2 Å². The van der Waals surface area contributed by atoms with E-state index in [1.807, 2.05) is 7.05 Å². The van der Waals surface area contributed by atoms with Crippen LogP contribution in [0.2, 0.25) is 0 Å². The van der Waals surface area contributed by atoms with E-state index in [9.17, 15) is 13.2 Å². The third-order valence-corrected chi connectivity index (χ3v) is 7.94. The maximum absolute atomic E-state index is 13.3. The summed E-state index contributed by atoms with van der Waals surface area (Å²) in [5, 5.41) is 0. The number of amides is 1. The number of nitrogens with one attached hydrogen (secondary N) is 1. The lowest BCUT2D eigenvalue weighted by atomic mass is 10.0. The van der Waals surface area contributed by atoms with Crippen LogP contribution in [-0.4, -0.2) is 77.2 Å². The average Bonchev–Trinajstić information content (AvgIpc) is 2.79. The molecule has 0 radical (unpaired) electrons. The Balaban J connectivity index is 1.96. The Morgan fingerprint density at radius 2 is 1.79 bits per heavy atom. The van der Waals surface area contributed by atoms with Crippen molar-refractivity contribution in [2.75, 3.05) is 45.6 Å². The highest BCUT2D eigenvalue weighted by Crippen LogP contribution is 2.28. The van der Waals surface area contributed by atoms with Crippen LogP contribution < -0.4 is 9.46 Å². The van der Waals surface area contributed by atoms with Gasteiger partial charge < -0.3 is 14.4 Å². The zero-order valence-corrected chi connectivity index (χ0v) is 21.6. The standard InChI is InChI=1S/C25H35N3O5S/c1-17-9-7-8-10-24(17)34(30,31)26-20-11-12-21-22(13-20)33-16-19(3)27(4)14-18(2)23(32-6)15-28(5)25(21)29/h7-13,18-19,23,26H,14-16H2,1-6H3/t18-,19-,23+/m1/s1. The summed E-state index contributed by atoms with van der Waals surface area (Å²) in [5.74, 6) is 0.341. The zero-order valence-electron chi connectivity index (χ0n) is 20.7. The van der Waals surface area contributed by atoms with Gasteiger partial charge in [0.2, 0.25) is 0 Å². The Bertz CT molecular complexity index is 1120. The zero-order chi connectivity index (χ0) is 25.0. The summed E-state index contributed by atoms with van der Waals surface area (Å²) in [4.78, 5) is 17.3. The molecule has 0 bridgehead atoms. The molecule has 1 aliphatic heterocycles. The molecule has 1 aliphatic rings. The second kappa shape index (κ2) is 10.8. The minimum atomic E-state index is -3.80. The smallest absolute Gasteiger partial charge is 0.262 e. The molecule has 186 valence electrons. The second-order valence-electron chi connectivity index (χ2n) is 9.12. The van der Waals surface area contributed by atoms with E-state index in [4.69, 9.17) is 9.47 Å². The molecule has 2 aromatic rings. The van der Waals surface area contributed by atoms with Crippen LogP contribution in [0.3, 0.4) is 0 Å². The SMILES string of the molecule is CO[C@H]1CN(C)C(=O)c2ccc(NS(=O)(=O)c3ccccc3C)cc2OC[C@@H](C)N(C)C[C@H]1C. The van der Waals surface area contributed by atoms with Crippen molar-refractivity contribution < 1.29 is 22.7 Å². The Morgan fingerprint density at radius 1 is 1.09 bits per heavy atom. The van der Waals surface area contributed by atoms with E-state index in [0.29, 0.717) is 35.7 Å². The van der Waals surface area contributed by atoms with Gasteiger partial charge in [0.15, 0.2) is 0 Å². The molecule has 1 amide bonds. The molecule has 1 heterocycles. The van der Waals surface area contributed by atoms with Gasteiger partial charge in [-0.2, -0.15) is 0 Å². The quantitative estimate of drug-likeness (QED) is 0.710. The minimum absolute atomic E-state index is 0.0763. The molecule has 0 spiro atoms. The lowest BCUT2D eigenvalue weighted by Gasteiger charge is -2.34. The molecule has 0 fully saturated rings. The Hall–Kier alpha value is -2.62. The fourth-order valence-electron chi connectivity index (χ4n) is 4.08. The van der Waals surface area contributed by atoms with Crippen molar-refractivity contribution in [3.8, 4) is 5.75 Å². The predicted molar refractivity (Wildman–Crippen MR) is 133 cm³/mol. The fourth-order valence-corrected chi connectivity index (χ4v) is 5.38. The van der Waals surface area contributed by atoms with Crippen molar-refractivity contribution in [3.05, 3.63) is 53.6 Å². The summed E-state index contributed by atoms with van der Waals surface area (Å²) in [6.07, 6.45) is -0.118. The number of aryl methyl sites for hydroxylation is 1. The van der Waals surface area contributed by atoms with E-state index < -0.39 is 10.0 Å². The van der Waals surface area contributed by atoms with Gasteiger partial charge in [0.1, 0.15) is 12.4 Å². The van der Waals surface area contributed by atoms with Crippen LogP contribution in [0.25, 0.3) is 0 Å². The molecular weight excluding hydrogens is 454 g/mol. The van der Waals surface area contributed by atoms with E-state index in [1.54, 1.807) is 68.4 Å². The van der Waals surface area contributed by atoms with Crippen LogP contribution >= 0.6 is 0 Å². The van der Waals surface area contributed by atoms with Gasteiger partial charge in [-0.3, -0.25) is 14.4 Å². The van der Waals surface area contributed by atoms with E-state index in [2.05, 4.69) is 23.5 Å². The van der Waals surface area contributed by atoms with Gasteiger partial charge in [0.05, 0.1) is 22.3 Å². The van der Waals surface area contributed by atoms with Crippen molar-refractivity contribution in [1.29, 1.82) is 0 Å². The highest BCUT2D eigenvalue weighted by Gasteiger charge is 2.27. The average molecular weight is 490 g/mol. The van der Waals surface area contributed by atoms with Gasteiger partial charge in [-0.25, -0.2) is 8.42 Å². The number of fused-ring (bicyclic) bond motifs is 1. The highest BCUT2D eigenvalue weighted by molar-refractivity contribution is 7.92.